The molecule has 0 unspecified atom stereocenters. The SMILES string of the molecule is COc1ccccc1C(=O)NCCc1cc2ccc(C)cc2[nH]c1=O. The van der Waals surface area contributed by atoms with Crippen LogP contribution in [0.3, 0.4) is 0 Å². The molecule has 3 rings (SSSR count). The Kier molecular flexibility index (Phi) is 4.84. The molecule has 0 radical (unpaired) electrons. The van der Waals surface area contributed by atoms with Gasteiger partial charge in [0.1, 0.15) is 5.75 Å². The highest BCUT2D eigenvalue weighted by Gasteiger charge is 2.11. The Labute approximate surface area is 145 Å². The number of methoxy groups -OCH3 is 1. The predicted molar refractivity (Wildman–Crippen MR) is 98.3 cm³/mol. The van der Waals surface area contributed by atoms with Gasteiger partial charge in [0.05, 0.1) is 12.7 Å². The summed E-state index contributed by atoms with van der Waals surface area (Å²) in [6.07, 6.45) is 0.458. The van der Waals surface area contributed by atoms with E-state index >= 15 is 0 Å². The number of aromatic amines is 1. The molecule has 2 N–H and O–H groups in total. The Hall–Kier alpha value is -3.08. The Bertz CT molecular complexity index is 976. The molecule has 0 bridgehead atoms. The van der Waals surface area contributed by atoms with Crippen molar-refractivity contribution < 1.29 is 9.53 Å². The molecule has 128 valence electrons. The number of carbonyl (C=O) groups excluding carboxylic acids is 1. The molecule has 5 nitrogen and oxygen atoms in total. The first-order chi connectivity index (χ1) is 12.1. The Morgan fingerprint density at radius 2 is 1.96 bits per heavy atom. The lowest BCUT2D eigenvalue weighted by molar-refractivity contribution is 0.0951. The normalized spacial score (nSPS) is 10.6. The maximum atomic E-state index is 12.3. The molecule has 0 saturated carbocycles. The van der Waals surface area contributed by atoms with E-state index in [1.807, 2.05) is 37.3 Å². The minimum atomic E-state index is -0.217. The number of amides is 1. The second-order valence-electron chi connectivity index (χ2n) is 5.92. The monoisotopic (exact) mass is 336 g/mol. The van der Waals surface area contributed by atoms with Crippen molar-refractivity contribution >= 4 is 16.8 Å². The van der Waals surface area contributed by atoms with Crippen molar-refractivity contribution in [2.45, 2.75) is 13.3 Å². The van der Waals surface area contributed by atoms with Crippen LogP contribution in [-0.2, 0) is 6.42 Å². The number of H-pyrrole nitrogens is 1. The number of aromatic nitrogens is 1. The minimum Gasteiger partial charge on any atom is -0.496 e. The number of pyridine rings is 1. The van der Waals surface area contributed by atoms with Crippen molar-refractivity contribution in [2.24, 2.45) is 0 Å². The number of hydrogen-bond donors (Lipinski definition) is 2. The quantitative estimate of drug-likeness (QED) is 0.752. The van der Waals surface area contributed by atoms with Gasteiger partial charge >= 0.3 is 0 Å². The minimum absolute atomic E-state index is 0.121. The summed E-state index contributed by atoms with van der Waals surface area (Å²) in [5, 5.41) is 3.82. The van der Waals surface area contributed by atoms with Crippen molar-refractivity contribution in [1.29, 1.82) is 0 Å². The van der Waals surface area contributed by atoms with Crippen LogP contribution in [-0.4, -0.2) is 24.5 Å². The third-order valence-corrected chi connectivity index (χ3v) is 4.11. The van der Waals surface area contributed by atoms with Crippen molar-refractivity contribution in [3.05, 3.63) is 75.6 Å². The van der Waals surface area contributed by atoms with Gasteiger partial charge in [-0.25, -0.2) is 0 Å². The lowest BCUT2D eigenvalue weighted by Gasteiger charge is -2.09. The first-order valence-electron chi connectivity index (χ1n) is 8.12. The molecule has 1 heterocycles. The molecular formula is C20H20N2O3. The highest BCUT2D eigenvalue weighted by molar-refractivity contribution is 5.96. The van der Waals surface area contributed by atoms with E-state index < -0.39 is 0 Å². The van der Waals surface area contributed by atoms with Gasteiger partial charge in [-0.1, -0.05) is 24.3 Å². The Balaban J connectivity index is 1.70. The van der Waals surface area contributed by atoms with Crippen molar-refractivity contribution in [1.82, 2.24) is 10.3 Å². The standard InChI is InChI=1S/C20H20N2O3/c1-13-7-8-14-12-15(19(23)22-17(14)11-13)9-10-21-20(24)16-5-3-4-6-18(16)25-2/h3-8,11-12H,9-10H2,1-2H3,(H,21,24)(H,22,23). The maximum absolute atomic E-state index is 12.3. The first kappa shape index (κ1) is 16.8. The lowest BCUT2D eigenvalue weighted by Crippen LogP contribution is -2.27. The number of para-hydroxylation sites is 1. The van der Waals surface area contributed by atoms with Crippen molar-refractivity contribution in [3.8, 4) is 5.75 Å². The van der Waals surface area contributed by atoms with Crippen molar-refractivity contribution in [3.63, 3.8) is 0 Å². The molecule has 0 spiro atoms. The van der Waals surface area contributed by atoms with Crippen molar-refractivity contribution in [2.75, 3.05) is 13.7 Å². The number of hydrogen-bond acceptors (Lipinski definition) is 3. The largest absolute Gasteiger partial charge is 0.496 e. The summed E-state index contributed by atoms with van der Waals surface area (Å²) in [6, 6.07) is 14.9. The zero-order valence-corrected chi connectivity index (χ0v) is 14.3. The Morgan fingerprint density at radius 3 is 2.76 bits per heavy atom. The van der Waals surface area contributed by atoms with Crippen LogP contribution in [0.5, 0.6) is 5.75 Å². The van der Waals surface area contributed by atoms with E-state index in [1.165, 1.54) is 7.11 Å². The first-order valence-corrected chi connectivity index (χ1v) is 8.12. The van der Waals surface area contributed by atoms with Gasteiger partial charge in [-0.05, 0) is 48.6 Å². The number of ether oxygens (including phenoxy) is 1. The summed E-state index contributed by atoms with van der Waals surface area (Å²) in [6.45, 7) is 2.36. The van der Waals surface area contributed by atoms with Gasteiger partial charge < -0.3 is 15.0 Å². The van der Waals surface area contributed by atoms with E-state index in [9.17, 15) is 9.59 Å². The van der Waals surface area contributed by atoms with Gasteiger partial charge in [-0.2, -0.15) is 0 Å². The smallest absolute Gasteiger partial charge is 0.255 e. The number of nitrogens with one attached hydrogen (secondary N) is 2. The van der Waals surface area contributed by atoms with E-state index in [-0.39, 0.29) is 11.5 Å². The van der Waals surface area contributed by atoms with E-state index in [1.54, 1.807) is 18.2 Å². The van der Waals surface area contributed by atoms with Crippen LogP contribution in [0.15, 0.2) is 53.3 Å². The van der Waals surface area contributed by atoms with E-state index in [0.29, 0.717) is 29.8 Å². The van der Waals surface area contributed by atoms with Gasteiger partial charge in [0.2, 0.25) is 0 Å². The molecule has 0 fully saturated rings. The average molecular weight is 336 g/mol. The molecule has 5 heteroatoms. The zero-order valence-electron chi connectivity index (χ0n) is 14.3. The van der Waals surface area contributed by atoms with Gasteiger partial charge in [-0.3, -0.25) is 9.59 Å². The summed E-state index contributed by atoms with van der Waals surface area (Å²) < 4.78 is 5.19. The summed E-state index contributed by atoms with van der Waals surface area (Å²) in [5.74, 6) is 0.309. The van der Waals surface area contributed by atoms with Gasteiger partial charge in [0.15, 0.2) is 0 Å². The molecule has 3 aromatic rings. The Morgan fingerprint density at radius 1 is 1.16 bits per heavy atom. The fourth-order valence-electron chi connectivity index (χ4n) is 2.78. The van der Waals surface area contributed by atoms with Crippen LogP contribution in [0.1, 0.15) is 21.5 Å². The molecule has 0 atom stereocenters. The van der Waals surface area contributed by atoms with Crippen LogP contribution in [0.2, 0.25) is 0 Å². The van der Waals surface area contributed by atoms with Gasteiger partial charge in [0.25, 0.3) is 11.5 Å². The summed E-state index contributed by atoms with van der Waals surface area (Å²) in [7, 11) is 1.53. The number of rotatable bonds is 5. The molecule has 0 aliphatic rings. The lowest BCUT2D eigenvalue weighted by atomic mass is 10.1. The van der Waals surface area contributed by atoms with Gasteiger partial charge in [0, 0.05) is 17.6 Å². The van der Waals surface area contributed by atoms with Crippen LogP contribution in [0.25, 0.3) is 10.9 Å². The molecule has 2 aromatic carbocycles. The molecule has 1 amide bonds. The molecule has 0 saturated heterocycles. The molecule has 1 aromatic heterocycles. The number of benzene rings is 2. The third kappa shape index (κ3) is 3.71. The highest BCUT2D eigenvalue weighted by atomic mass is 16.5. The van der Waals surface area contributed by atoms with E-state index in [0.717, 1.165) is 16.5 Å². The van der Waals surface area contributed by atoms with Crippen LogP contribution < -0.4 is 15.6 Å². The number of aryl methyl sites for hydroxylation is 1. The van der Waals surface area contributed by atoms with E-state index in [4.69, 9.17) is 4.74 Å². The highest BCUT2D eigenvalue weighted by Crippen LogP contribution is 2.17. The second kappa shape index (κ2) is 7.21. The van der Waals surface area contributed by atoms with Crippen LogP contribution >= 0.6 is 0 Å². The third-order valence-electron chi connectivity index (χ3n) is 4.11. The second-order valence-corrected chi connectivity index (χ2v) is 5.92. The number of fused-ring (bicyclic) bond motifs is 1. The fourth-order valence-corrected chi connectivity index (χ4v) is 2.78. The van der Waals surface area contributed by atoms with E-state index in [2.05, 4.69) is 10.3 Å². The average Bonchev–Trinajstić information content (AvgIpc) is 2.62. The summed E-state index contributed by atoms with van der Waals surface area (Å²) in [5.41, 5.74) is 2.93. The maximum Gasteiger partial charge on any atom is 0.255 e. The molecule has 25 heavy (non-hydrogen) atoms. The summed E-state index contributed by atoms with van der Waals surface area (Å²) in [4.78, 5) is 27.4. The summed E-state index contributed by atoms with van der Waals surface area (Å²) >= 11 is 0. The van der Waals surface area contributed by atoms with Crippen LogP contribution in [0, 0.1) is 6.92 Å². The zero-order chi connectivity index (χ0) is 17.8. The number of carbonyl (C=O) groups is 1. The predicted octanol–water partition coefficient (Wildman–Crippen LogP) is 2.82. The van der Waals surface area contributed by atoms with Crippen LogP contribution in [0.4, 0.5) is 0 Å². The molecule has 0 aliphatic carbocycles. The van der Waals surface area contributed by atoms with Gasteiger partial charge in [-0.15, -0.1) is 0 Å². The topological polar surface area (TPSA) is 71.2 Å². The molecule has 0 aliphatic heterocycles. The molecular weight excluding hydrogens is 316 g/mol. The fraction of sp³-hybridized carbons (Fsp3) is 0.200.